The summed E-state index contributed by atoms with van der Waals surface area (Å²) >= 11 is 0. The fourth-order valence-electron chi connectivity index (χ4n) is 4.56. The second-order valence-corrected chi connectivity index (χ2v) is 8.02. The van der Waals surface area contributed by atoms with Crippen LogP contribution in [0.5, 0.6) is 0 Å². The summed E-state index contributed by atoms with van der Waals surface area (Å²) in [6.07, 6.45) is 3.39. The van der Waals surface area contributed by atoms with Crippen LogP contribution in [0.4, 0.5) is 0 Å². The van der Waals surface area contributed by atoms with E-state index in [2.05, 4.69) is 55.4 Å². The van der Waals surface area contributed by atoms with Crippen LogP contribution >= 0.6 is 0 Å². The van der Waals surface area contributed by atoms with Crippen LogP contribution in [0.3, 0.4) is 0 Å². The fraction of sp³-hybridized carbons (Fsp3) is 1.00. The standard InChI is InChI=1S/C20H38O3/c1-9-17-13(5)12(4)14(6)19(21-17)23-20(11-3)16(8)15(7)18(10-2)22-20/h12-19H,9-11H2,1-8H3/t12-,13-,14+,15-,16-,17+,18+,19+,20-/m0/s1. The molecule has 2 heterocycles. The molecule has 0 aromatic rings. The van der Waals surface area contributed by atoms with E-state index < -0.39 is 5.79 Å². The second-order valence-electron chi connectivity index (χ2n) is 8.02. The van der Waals surface area contributed by atoms with Crippen molar-refractivity contribution < 1.29 is 14.2 Å². The van der Waals surface area contributed by atoms with Crippen molar-refractivity contribution in [2.24, 2.45) is 29.6 Å². The number of ether oxygens (including phenoxy) is 3. The third kappa shape index (κ3) is 3.34. The summed E-state index contributed by atoms with van der Waals surface area (Å²) in [5, 5.41) is 0. The summed E-state index contributed by atoms with van der Waals surface area (Å²) in [5.41, 5.74) is 0. The van der Waals surface area contributed by atoms with Gasteiger partial charge in [-0.25, -0.2) is 0 Å². The SMILES string of the molecule is CC[C@H]1O[C@@](CC)(O[C@H]2O[C@H](CC)[C@@H](C)[C@H](C)[C@H]2C)[C@@H](C)[C@@H]1C. The van der Waals surface area contributed by atoms with Gasteiger partial charge in [-0.05, 0) is 37.0 Å². The quantitative estimate of drug-likeness (QED) is 0.692. The molecule has 0 saturated carbocycles. The predicted octanol–water partition coefficient (Wildman–Crippen LogP) is 5.23. The Hall–Kier alpha value is -0.120. The Labute approximate surface area is 143 Å². The van der Waals surface area contributed by atoms with E-state index in [1.54, 1.807) is 0 Å². The highest BCUT2D eigenvalue weighted by Crippen LogP contribution is 2.47. The van der Waals surface area contributed by atoms with Crippen LogP contribution < -0.4 is 0 Å². The molecule has 23 heavy (non-hydrogen) atoms. The Morgan fingerprint density at radius 2 is 1.39 bits per heavy atom. The summed E-state index contributed by atoms with van der Waals surface area (Å²) in [6, 6.07) is 0. The minimum atomic E-state index is -0.488. The first kappa shape index (κ1) is 19.2. The van der Waals surface area contributed by atoms with Gasteiger partial charge in [0.05, 0.1) is 12.2 Å². The monoisotopic (exact) mass is 326 g/mol. The lowest BCUT2D eigenvalue weighted by atomic mass is 9.78. The lowest BCUT2D eigenvalue weighted by Gasteiger charge is -2.46. The van der Waals surface area contributed by atoms with Gasteiger partial charge in [-0.15, -0.1) is 0 Å². The molecule has 0 spiro atoms. The molecule has 2 aliphatic rings. The maximum Gasteiger partial charge on any atom is 0.174 e. The van der Waals surface area contributed by atoms with Gasteiger partial charge in [0, 0.05) is 11.8 Å². The van der Waals surface area contributed by atoms with Crippen LogP contribution in [0.25, 0.3) is 0 Å². The van der Waals surface area contributed by atoms with Gasteiger partial charge in [-0.1, -0.05) is 55.4 Å². The van der Waals surface area contributed by atoms with Crippen molar-refractivity contribution in [2.45, 2.75) is 98.9 Å². The van der Waals surface area contributed by atoms with Crippen molar-refractivity contribution in [2.75, 3.05) is 0 Å². The van der Waals surface area contributed by atoms with Crippen molar-refractivity contribution >= 4 is 0 Å². The zero-order chi connectivity index (χ0) is 17.4. The normalized spacial score (nSPS) is 51.1. The van der Waals surface area contributed by atoms with E-state index >= 15 is 0 Å². The molecule has 0 bridgehead atoms. The first-order valence-corrected chi connectivity index (χ1v) is 9.82. The van der Waals surface area contributed by atoms with Crippen molar-refractivity contribution in [3.8, 4) is 0 Å². The summed E-state index contributed by atoms with van der Waals surface area (Å²) in [5.74, 6) is 2.00. The topological polar surface area (TPSA) is 27.7 Å². The van der Waals surface area contributed by atoms with Gasteiger partial charge in [0.15, 0.2) is 12.1 Å². The predicted molar refractivity (Wildman–Crippen MR) is 94.0 cm³/mol. The molecule has 0 N–H and O–H groups in total. The molecule has 3 nitrogen and oxygen atoms in total. The molecular weight excluding hydrogens is 288 g/mol. The molecule has 0 aromatic heterocycles. The highest BCUT2D eigenvalue weighted by molar-refractivity contribution is 4.92. The Kier molecular flexibility index (Phi) is 6.19. The molecule has 2 saturated heterocycles. The number of hydrogen-bond donors (Lipinski definition) is 0. The Morgan fingerprint density at radius 1 is 0.783 bits per heavy atom. The summed E-state index contributed by atoms with van der Waals surface area (Å²) < 4.78 is 19.4. The van der Waals surface area contributed by atoms with E-state index in [-0.39, 0.29) is 12.4 Å². The number of rotatable bonds is 5. The molecule has 9 atom stereocenters. The molecule has 0 aromatic carbocycles. The molecular formula is C20H38O3. The highest BCUT2D eigenvalue weighted by atomic mass is 16.8. The fourth-order valence-corrected chi connectivity index (χ4v) is 4.56. The Morgan fingerprint density at radius 3 is 1.87 bits per heavy atom. The van der Waals surface area contributed by atoms with Crippen LogP contribution in [0, 0.1) is 29.6 Å². The van der Waals surface area contributed by atoms with Gasteiger partial charge < -0.3 is 14.2 Å². The van der Waals surface area contributed by atoms with E-state index in [0.29, 0.717) is 35.7 Å². The lowest BCUT2D eigenvalue weighted by Crippen LogP contribution is -2.51. The van der Waals surface area contributed by atoms with E-state index in [1.165, 1.54) is 0 Å². The third-order valence-electron chi connectivity index (χ3n) is 7.02. The van der Waals surface area contributed by atoms with Crippen molar-refractivity contribution in [1.82, 2.24) is 0 Å². The minimum absolute atomic E-state index is 0.156. The molecule has 2 aliphatic heterocycles. The zero-order valence-corrected chi connectivity index (χ0v) is 16.5. The molecule has 3 heteroatoms. The van der Waals surface area contributed by atoms with E-state index in [0.717, 1.165) is 19.3 Å². The molecule has 0 radical (unpaired) electrons. The van der Waals surface area contributed by atoms with Crippen LogP contribution in [0.1, 0.15) is 74.7 Å². The van der Waals surface area contributed by atoms with Crippen LogP contribution in [0.2, 0.25) is 0 Å². The smallest absolute Gasteiger partial charge is 0.174 e. The zero-order valence-electron chi connectivity index (χ0n) is 16.5. The maximum atomic E-state index is 6.62. The van der Waals surface area contributed by atoms with Gasteiger partial charge in [-0.3, -0.25) is 0 Å². The van der Waals surface area contributed by atoms with Crippen molar-refractivity contribution in [1.29, 1.82) is 0 Å². The highest BCUT2D eigenvalue weighted by Gasteiger charge is 2.53. The Balaban J connectivity index is 2.18. The molecule has 2 rings (SSSR count). The molecule has 0 aliphatic carbocycles. The first-order chi connectivity index (χ1) is 10.8. The summed E-state index contributed by atoms with van der Waals surface area (Å²) in [6.45, 7) is 18.1. The molecule has 0 amide bonds. The summed E-state index contributed by atoms with van der Waals surface area (Å²) in [4.78, 5) is 0. The third-order valence-corrected chi connectivity index (χ3v) is 7.02. The lowest BCUT2D eigenvalue weighted by molar-refractivity contribution is -0.353. The molecule has 2 fully saturated rings. The van der Waals surface area contributed by atoms with E-state index in [4.69, 9.17) is 14.2 Å². The maximum absolute atomic E-state index is 6.62. The summed E-state index contributed by atoms with van der Waals surface area (Å²) in [7, 11) is 0. The molecule has 0 unspecified atom stereocenters. The van der Waals surface area contributed by atoms with Gasteiger partial charge in [0.25, 0.3) is 0 Å². The Bertz CT molecular complexity index is 383. The second kappa shape index (κ2) is 7.41. The first-order valence-electron chi connectivity index (χ1n) is 9.82. The van der Waals surface area contributed by atoms with E-state index in [9.17, 15) is 0 Å². The van der Waals surface area contributed by atoms with Gasteiger partial charge >= 0.3 is 0 Å². The van der Waals surface area contributed by atoms with Crippen LogP contribution in [-0.2, 0) is 14.2 Å². The van der Waals surface area contributed by atoms with E-state index in [1.807, 2.05) is 0 Å². The largest absolute Gasteiger partial charge is 0.349 e. The van der Waals surface area contributed by atoms with Gasteiger partial charge in [0.1, 0.15) is 0 Å². The van der Waals surface area contributed by atoms with Crippen LogP contribution in [0.15, 0.2) is 0 Å². The molecule has 136 valence electrons. The van der Waals surface area contributed by atoms with Gasteiger partial charge in [-0.2, -0.15) is 0 Å². The van der Waals surface area contributed by atoms with Gasteiger partial charge in [0.2, 0.25) is 0 Å². The average molecular weight is 327 g/mol. The van der Waals surface area contributed by atoms with Crippen molar-refractivity contribution in [3.05, 3.63) is 0 Å². The minimum Gasteiger partial charge on any atom is -0.349 e. The average Bonchev–Trinajstić information content (AvgIpc) is 2.80. The van der Waals surface area contributed by atoms with Crippen molar-refractivity contribution in [3.63, 3.8) is 0 Å². The number of hydrogen-bond acceptors (Lipinski definition) is 3. The van der Waals surface area contributed by atoms with Crippen LogP contribution in [-0.4, -0.2) is 24.3 Å².